The molecule has 0 saturated carbocycles. The molecule has 2 heterocycles. The Morgan fingerprint density at radius 3 is 2.83 bits per heavy atom. The molecule has 1 aliphatic rings. The molecule has 0 radical (unpaired) electrons. The lowest BCUT2D eigenvalue weighted by Gasteiger charge is -2.13. The van der Waals surface area contributed by atoms with Crippen LogP contribution in [0.2, 0.25) is 0 Å². The quantitative estimate of drug-likeness (QED) is 0.625. The maximum Gasteiger partial charge on any atom is 0.302 e. The van der Waals surface area contributed by atoms with Crippen LogP contribution in [0.4, 0.5) is 0 Å². The van der Waals surface area contributed by atoms with E-state index < -0.39 is 0 Å². The minimum absolute atomic E-state index is 0.0742. The van der Waals surface area contributed by atoms with Gasteiger partial charge in [-0.25, -0.2) is 0 Å². The third-order valence-corrected chi connectivity index (χ3v) is 5.85. The predicted octanol–water partition coefficient (Wildman–Crippen LogP) is 2.68. The van der Waals surface area contributed by atoms with Crippen molar-refractivity contribution in [2.75, 3.05) is 11.1 Å². The zero-order valence-electron chi connectivity index (χ0n) is 10.4. The van der Waals surface area contributed by atoms with Crippen molar-refractivity contribution in [3.63, 3.8) is 0 Å². The molecule has 1 aromatic heterocycles. The predicted molar refractivity (Wildman–Crippen MR) is 76.7 cm³/mol. The van der Waals surface area contributed by atoms with Gasteiger partial charge in [0.15, 0.2) is 0 Å². The highest BCUT2D eigenvalue weighted by molar-refractivity contribution is 9.09. The summed E-state index contributed by atoms with van der Waals surface area (Å²) >= 11 is 5.48. The van der Waals surface area contributed by atoms with Crippen LogP contribution < -0.4 is 4.57 Å². The van der Waals surface area contributed by atoms with E-state index in [9.17, 15) is 0 Å². The van der Waals surface area contributed by atoms with Crippen molar-refractivity contribution in [1.82, 2.24) is 9.78 Å². The maximum absolute atomic E-state index is 4.72. The van der Waals surface area contributed by atoms with Crippen LogP contribution >= 0.6 is 27.7 Å². The summed E-state index contributed by atoms with van der Waals surface area (Å²) in [6.07, 6.45) is 0. The number of alkyl halides is 1. The summed E-state index contributed by atoms with van der Waals surface area (Å²) < 4.78 is 4.40. The molecule has 1 atom stereocenters. The van der Waals surface area contributed by atoms with E-state index in [4.69, 9.17) is 5.10 Å². The summed E-state index contributed by atoms with van der Waals surface area (Å²) in [5, 5.41) is 6.87. The van der Waals surface area contributed by atoms with Gasteiger partial charge in [-0.15, -0.1) is 0 Å². The van der Waals surface area contributed by atoms with E-state index in [2.05, 4.69) is 63.3 Å². The van der Waals surface area contributed by atoms with Gasteiger partial charge in [0.1, 0.15) is 11.2 Å². The number of aromatic nitrogens is 3. The molecule has 3 rings (SSSR count). The number of benzene rings is 1. The number of thioether (sulfide) groups is 1. The van der Waals surface area contributed by atoms with Crippen LogP contribution in [0.3, 0.4) is 0 Å². The molecule has 0 saturated heterocycles. The lowest BCUT2D eigenvalue weighted by atomic mass is 10.1. The van der Waals surface area contributed by atoms with Crippen LogP contribution in [0, 0.1) is 6.92 Å². The van der Waals surface area contributed by atoms with E-state index in [1.54, 1.807) is 0 Å². The van der Waals surface area contributed by atoms with Crippen LogP contribution in [0.15, 0.2) is 35.5 Å². The van der Waals surface area contributed by atoms with Crippen LogP contribution in [0.5, 0.6) is 0 Å². The lowest BCUT2D eigenvalue weighted by Crippen LogP contribution is -2.35. The van der Waals surface area contributed by atoms with Crippen LogP contribution in [0.1, 0.15) is 12.7 Å². The standard InChI is InChI=1S/C13H15BrN3S/c1-10-15-17-12(18-9-13(17,2)8-14)16(10)11-6-4-3-5-7-11/h3-7H,8-9H2,1-2H3/q+1/t13-/m0/s1. The largest absolute Gasteiger partial charge is 0.302 e. The molecule has 1 aliphatic heterocycles. The molecular weight excluding hydrogens is 310 g/mol. The number of nitrogens with zero attached hydrogens (tertiary/aromatic N) is 3. The molecular formula is C13H15BrN3S+. The van der Waals surface area contributed by atoms with Gasteiger partial charge in [0.25, 0.3) is 5.82 Å². The van der Waals surface area contributed by atoms with Gasteiger partial charge >= 0.3 is 5.16 Å². The van der Waals surface area contributed by atoms with Gasteiger partial charge in [-0.3, -0.25) is 0 Å². The fraction of sp³-hybridized carbons (Fsp3) is 0.385. The maximum atomic E-state index is 4.72. The first-order valence-corrected chi connectivity index (χ1v) is 8.03. The van der Waals surface area contributed by atoms with Gasteiger partial charge < -0.3 is 0 Å². The minimum atomic E-state index is 0.0742. The second-order valence-corrected chi connectivity index (χ2v) is 6.34. The number of rotatable bonds is 2. The van der Waals surface area contributed by atoms with E-state index in [0.717, 1.165) is 16.9 Å². The van der Waals surface area contributed by atoms with Crippen molar-refractivity contribution in [1.29, 1.82) is 0 Å². The smallest absolute Gasteiger partial charge is 0.189 e. The Bertz CT molecular complexity index is 581. The number of halogens is 1. The molecule has 2 aromatic rings. The highest BCUT2D eigenvalue weighted by Gasteiger charge is 2.45. The highest BCUT2D eigenvalue weighted by Crippen LogP contribution is 2.36. The highest BCUT2D eigenvalue weighted by atomic mass is 79.9. The third-order valence-electron chi connectivity index (χ3n) is 3.27. The average molecular weight is 325 g/mol. The molecule has 0 spiro atoms. The normalized spacial score (nSPS) is 22.2. The second-order valence-electron chi connectivity index (χ2n) is 4.83. The Morgan fingerprint density at radius 2 is 2.17 bits per heavy atom. The topological polar surface area (TPSA) is 21.7 Å². The van der Waals surface area contributed by atoms with Crippen molar-refractivity contribution < 1.29 is 4.57 Å². The molecule has 1 aromatic carbocycles. The Kier molecular flexibility index (Phi) is 2.98. The molecule has 0 unspecified atom stereocenters. The Labute approximate surface area is 119 Å². The monoisotopic (exact) mass is 324 g/mol. The van der Waals surface area contributed by atoms with E-state index in [1.807, 2.05) is 17.8 Å². The third kappa shape index (κ3) is 1.72. The Balaban J connectivity index is 2.17. The first kappa shape index (κ1) is 12.2. The van der Waals surface area contributed by atoms with E-state index >= 15 is 0 Å². The Hall–Kier alpha value is -0.810. The fourth-order valence-electron chi connectivity index (χ4n) is 2.19. The summed E-state index contributed by atoms with van der Waals surface area (Å²) in [6, 6.07) is 10.4. The Morgan fingerprint density at radius 1 is 1.44 bits per heavy atom. The zero-order chi connectivity index (χ0) is 12.8. The molecule has 3 nitrogen and oxygen atoms in total. The number of fused-ring (bicyclic) bond motifs is 1. The van der Waals surface area contributed by atoms with E-state index in [1.165, 1.54) is 10.8 Å². The van der Waals surface area contributed by atoms with Gasteiger partial charge in [-0.2, -0.15) is 4.57 Å². The van der Waals surface area contributed by atoms with Crippen molar-refractivity contribution in [3.8, 4) is 5.69 Å². The number of aryl methyl sites for hydroxylation is 1. The lowest BCUT2D eigenvalue weighted by molar-refractivity contribution is -0.644. The molecule has 5 heteroatoms. The van der Waals surface area contributed by atoms with E-state index in [-0.39, 0.29) is 5.54 Å². The molecule has 0 aliphatic carbocycles. The average Bonchev–Trinajstić information content (AvgIpc) is 2.89. The van der Waals surface area contributed by atoms with Crippen LogP contribution in [0.25, 0.3) is 5.69 Å². The summed E-state index contributed by atoms with van der Waals surface area (Å²) in [7, 11) is 0. The van der Waals surface area contributed by atoms with Crippen molar-refractivity contribution in [2.24, 2.45) is 0 Å². The van der Waals surface area contributed by atoms with Crippen molar-refractivity contribution in [2.45, 2.75) is 24.5 Å². The van der Waals surface area contributed by atoms with Crippen molar-refractivity contribution in [3.05, 3.63) is 36.2 Å². The number of hydrogen-bond acceptors (Lipinski definition) is 2. The van der Waals surface area contributed by atoms with Gasteiger partial charge in [-0.1, -0.05) is 38.8 Å². The number of hydrogen-bond donors (Lipinski definition) is 0. The van der Waals surface area contributed by atoms with Gasteiger partial charge in [0.05, 0.1) is 0 Å². The molecule has 94 valence electrons. The minimum Gasteiger partial charge on any atom is -0.189 e. The van der Waals surface area contributed by atoms with Gasteiger partial charge in [0, 0.05) is 23.1 Å². The summed E-state index contributed by atoms with van der Waals surface area (Å²) in [5.41, 5.74) is 1.26. The second kappa shape index (κ2) is 4.38. The first-order chi connectivity index (χ1) is 8.65. The van der Waals surface area contributed by atoms with Gasteiger partial charge in [-0.05, 0) is 30.8 Å². The summed E-state index contributed by atoms with van der Waals surface area (Å²) in [5.74, 6) is 2.10. The molecule has 0 N–H and O–H groups in total. The SMILES string of the molecule is Cc1nn2c([n+]1-c1ccccc1)SC[C@]2(C)CBr. The van der Waals surface area contributed by atoms with E-state index in [0.29, 0.717) is 0 Å². The van der Waals surface area contributed by atoms with Crippen LogP contribution in [-0.4, -0.2) is 20.9 Å². The zero-order valence-corrected chi connectivity index (χ0v) is 12.8. The van der Waals surface area contributed by atoms with Crippen LogP contribution in [-0.2, 0) is 5.54 Å². The van der Waals surface area contributed by atoms with Gasteiger partial charge in [0.2, 0.25) is 0 Å². The molecule has 0 bridgehead atoms. The fourth-order valence-corrected chi connectivity index (χ4v) is 4.31. The molecule has 0 fully saturated rings. The number of para-hydroxylation sites is 1. The molecule has 18 heavy (non-hydrogen) atoms. The van der Waals surface area contributed by atoms with Crippen molar-refractivity contribution >= 4 is 27.7 Å². The summed E-state index contributed by atoms with van der Waals surface area (Å²) in [6.45, 7) is 4.31. The first-order valence-electron chi connectivity index (χ1n) is 5.92. The molecule has 0 amide bonds. The summed E-state index contributed by atoms with van der Waals surface area (Å²) in [4.78, 5) is 0.